The van der Waals surface area contributed by atoms with Crippen molar-refractivity contribution in [1.82, 2.24) is 0 Å². The molecule has 0 aliphatic carbocycles. The van der Waals surface area contributed by atoms with Crippen LogP contribution in [0.15, 0.2) is 12.7 Å². The van der Waals surface area contributed by atoms with Crippen molar-refractivity contribution in [2.45, 2.75) is 13.8 Å². The molecule has 0 N–H and O–H groups in total. The van der Waals surface area contributed by atoms with Gasteiger partial charge in [-0.05, 0) is 5.92 Å². The van der Waals surface area contributed by atoms with Crippen LogP contribution in [-0.2, 0) is 0 Å². The highest BCUT2D eigenvalue weighted by Gasteiger charge is 2.02. The Kier molecular flexibility index (Phi) is 3.03. The maximum absolute atomic E-state index is 5.15. The largest absolute Gasteiger partial charge is 0.120 e. The van der Waals surface area contributed by atoms with E-state index in [1.807, 2.05) is 13.0 Å². The normalized spacial score (nSPS) is 16.1. The van der Waals surface area contributed by atoms with E-state index in [0.29, 0.717) is 11.8 Å². The predicted molar refractivity (Wildman–Crippen MR) is 37.4 cm³/mol. The summed E-state index contributed by atoms with van der Waals surface area (Å²) in [4.78, 5) is 0. The van der Waals surface area contributed by atoms with Crippen LogP contribution in [0.25, 0.3) is 0 Å². The van der Waals surface area contributed by atoms with Crippen LogP contribution in [0.4, 0.5) is 0 Å². The third-order valence-electron chi connectivity index (χ3n) is 1.42. The number of hydrogen-bond acceptors (Lipinski definition) is 0. The first-order valence-corrected chi connectivity index (χ1v) is 2.81. The Labute approximate surface area is 51.6 Å². The Morgan fingerprint density at radius 2 is 2.12 bits per heavy atom. The summed E-state index contributed by atoms with van der Waals surface area (Å²) in [5, 5.41) is 0. The summed E-state index contributed by atoms with van der Waals surface area (Å²) in [6.45, 7) is 7.72. The lowest BCUT2D eigenvalue weighted by molar-refractivity contribution is 0.578. The number of allylic oxidation sites excluding steroid dienone is 1. The average molecular weight is 108 g/mol. The van der Waals surface area contributed by atoms with Gasteiger partial charge in [0.05, 0.1) is 0 Å². The molecule has 2 atom stereocenters. The minimum absolute atomic E-state index is 0.326. The highest BCUT2D eigenvalue weighted by molar-refractivity contribution is 4.97. The minimum Gasteiger partial charge on any atom is -0.120 e. The summed E-state index contributed by atoms with van der Waals surface area (Å²) >= 11 is 0. The van der Waals surface area contributed by atoms with E-state index < -0.39 is 0 Å². The van der Waals surface area contributed by atoms with Gasteiger partial charge in [0.25, 0.3) is 0 Å². The molecule has 0 aromatic rings. The molecule has 0 nitrogen and oxygen atoms in total. The predicted octanol–water partition coefficient (Wildman–Crippen LogP) is 2.08. The zero-order valence-corrected chi connectivity index (χ0v) is 5.52. The van der Waals surface area contributed by atoms with Crippen LogP contribution in [0.1, 0.15) is 13.8 Å². The van der Waals surface area contributed by atoms with Crippen LogP contribution in [0.2, 0.25) is 0 Å². The van der Waals surface area contributed by atoms with E-state index >= 15 is 0 Å². The number of rotatable bonds is 2. The van der Waals surface area contributed by atoms with Crippen LogP contribution in [0.5, 0.6) is 0 Å². The molecule has 0 saturated carbocycles. The second-order valence-corrected chi connectivity index (χ2v) is 2.05. The first-order chi connectivity index (χ1) is 3.72. The summed E-state index contributed by atoms with van der Waals surface area (Å²) in [5.41, 5.74) is 0. The van der Waals surface area contributed by atoms with Crippen molar-refractivity contribution in [3.05, 3.63) is 12.7 Å². The quantitative estimate of drug-likeness (QED) is 0.375. The van der Waals surface area contributed by atoms with Crippen molar-refractivity contribution in [1.29, 1.82) is 0 Å². The standard InChI is InChI=1S/C8H12/c1-5-7(3)8(4)6-2/h1,6-8H,2H2,3-4H3. The monoisotopic (exact) mass is 108 g/mol. The first kappa shape index (κ1) is 7.30. The van der Waals surface area contributed by atoms with Crippen LogP contribution >= 0.6 is 0 Å². The highest BCUT2D eigenvalue weighted by Crippen LogP contribution is 2.08. The van der Waals surface area contributed by atoms with Gasteiger partial charge in [0, 0.05) is 5.92 Å². The molecule has 0 rings (SSSR count). The zero-order valence-electron chi connectivity index (χ0n) is 5.52. The minimum atomic E-state index is 0.326. The molecule has 8 heavy (non-hydrogen) atoms. The van der Waals surface area contributed by atoms with Crippen LogP contribution in [0.3, 0.4) is 0 Å². The van der Waals surface area contributed by atoms with E-state index in [9.17, 15) is 0 Å². The molecule has 0 radical (unpaired) electrons. The molecule has 0 aromatic carbocycles. The molecule has 0 aromatic heterocycles. The third-order valence-corrected chi connectivity index (χ3v) is 1.42. The van der Waals surface area contributed by atoms with Gasteiger partial charge < -0.3 is 0 Å². The number of terminal acetylenes is 1. The summed E-state index contributed by atoms with van der Waals surface area (Å²) in [6, 6.07) is 0. The van der Waals surface area contributed by atoms with Gasteiger partial charge in [0.2, 0.25) is 0 Å². The summed E-state index contributed by atoms with van der Waals surface area (Å²) in [5.74, 6) is 3.42. The summed E-state index contributed by atoms with van der Waals surface area (Å²) < 4.78 is 0. The second kappa shape index (κ2) is 3.32. The SMILES string of the molecule is C#CC(C)C(C)C=C. The van der Waals surface area contributed by atoms with E-state index in [0.717, 1.165) is 0 Å². The Morgan fingerprint density at radius 3 is 2.25 bits per heavy atom. The topological polar surface area (TPSA) is 0 Å². The van der Waals surface area contributed by atoms with Gasteiger partial charge in [0.1, 0.15) is 0 Å². The van der Waals surface area contributed by atoms with E-state index in [1.54, 1.807) is 0 Å². The Hall–Kier alpha value is -0.700. The fourth-order valence-electron chi connectivity index (χ4n) is 0.356. The molecule has 0 heterocycles. The van der Waals surface area contributed by atoms with Gasteiger partial charge in [-0.15, -0.1) is 18.9 Å². The Bertz CT molecular complexity index is 106. The Balaban J connectivity index is 3.66. The molecular formula is C8H12. The van der Waals surface area contributed by atoms with Crippen molar-refractivity contribution in [2.75, 3.05) is 0 Å². The van der Waals surface area contributed by atoms with Gasteiger partial charge in [-0.2, -0.15) is 0 Å². The molecule has 0 fully saturated rings. The molecule has 2 unspecified atom stereocenters. The van der Waals surface area contributed by atoms with Crippen molar-refractivity contribution in [2.24, 2.45) is 11.8 Å². The summed E-state index contributed by atoms with van der Waals surface area (Å²) in [7, 11) is 0. The molecule has 44 valence electrons. The van der Waals surface area contributed by atoms with Gasteiger partial charge in [-0.25, -0.2) is 0 Å². The van der Waals surface area contributed by atoms with Crippen LogP contribution < -0.4 is 0 Å². The first-order valence-electron chi connectivity index (χ1n) is 2.81. The summed E-state index contributed by atoms with van der Waals surface area (Å²) in [6.07, 6.45) is 7.03. The van der Waals surface area contributed by atoms with E-state index in [2.05, 4.69) is 19.4 Å². The molecule has 0 aliphatic heterocycles. The van der Waals surface area contributed by atoms with Crippen molar-refractivity contribution in [3.63, 3.8) is 0 Å². The van der Waals surface area contributed by atoms with E-state index in [-0.39, 0.29) is 0 Å². The maximum atomic E-state index is 5.15. The highest BCUT2D eigenvalue weighted by atomic mass is 14.1. The second-order valence-electron chi connectivity index (χ2n) is 2.05. The molecule has 0 amide bonds. The van der Waals surface area contributed by atoms with Crippen molar-refractivity contribution in [3.8, 4) is 12.3 Å². The smallest absolute Gasteiger partial charge is 0.0231 e. The van der Waals surface area contributed by atoms with Crippen molar-refractivity contribution >= 4 is 0 Å². The molecule has 0 heteroatoms. The zero-order chi connectivity index (χ0) is 6.57. The van der Waals surface area contributed by atoms with Gasteiger partial charge in [0.15, 0.2) is 0 Å². The molecule has 0 saturated heterocycles. The fourth-order valence-corrected chi connectivity index (χ4v) is 0.356. The molecule has 0 bridgehead atoms. The maximum Gasteiger partial charge on any atom is 0.0231 e. The van der Waals surface area contributed by atoms with Gasteiger partial charge in [-0.3, -0.25) is 0 Å². The lowest BCUT2D eigenvalue weighted by atomic mass is 9.98. The van der Waals surface area contributed by atoms with Gasteiger partial charge in [-0.1, -0.05) is 19.9 Å². The van der Waals surface area contributed by atoms with Crippen molar-refractivity contribution < 1.29 is 0 Å². The average Bonchev–Trinajstić information content (AvgIpc) is 1.84. The van der Waals surface area contributed by atoms with E-state index in [4.69, 9.17) is 6.42 Å². The fraction of sp³-hybridized carbons (Fsp3) is 0.500. The van der Waals surface area contributed by atoms with Gasteiger partial charge >= 0.3 is 0 Å². The molecular weight excluding hydrogens is 96.1 g/mol. The molecule has 0 spiro atoms. The third kappa shape index (κ3) is 1.84. The van der Waals surface area contributed by atoms with Crippen LogP contribution in [-0.4, -0.2) is 0 Å². The van der Waals surface area contributed by atoms with Crippen LogP contribution in [0, 0.1) is 24.2 Å². The number of hydrogen-bond donors (Lipinski definition) is 0. The van der Waals surface area contributed by atoms with E-state index in [1.165, 1.54) is 0 Å². The lowest BCUT2D eigenvalue weighted by Gasteiger charge is -2.06. The Morgan fingerprint density at radius 1 is 1.62 bits per heavy atom. The lowest BCUT2D eigenvalue weighted by Crippen LogP contribution is -2.00. The molecule has 0 aliphatic rings.